The number of carbonyl (C=O) groups excluding carboxylic acids is 1. The molecule has 0 atom stereocenters. The SMILES string of the molecule is [CH2-]C.[CH2-]C(C)=O.[Y+3]. The third kappa shape index (κ3) is 346. The van der Waals surface area contributed by atoms with Crippen LogP contribution in [0.15, 0.2) is 0 Å². The van der Waals surface area contributed by atoms with E-state index in [9.17, 15) is 4.79 Å². The van der Waals surface area contributed by atoms with Gasteiger partial charge in [0.25, 0.3) is 0 Å². The van der Waals surface area contributed by atoms with Gasteiger partial charge in [0.15, 0.2) is 0 Å². The van der Waals surface area contributed by atoms with Crippen molar-refractivity contribution < 1.29 is 37.5 Å². The maximum absolute atomic E-state index is 9.33. The Labute approximate surface area is 70.8 Å². The fraction of sp³-hybridized carbons (Fsp3) is 0.400. The summed E-state index contributed by atoms with van der Waals surface area (Å²) in [5.41, 5.74) is 0. The quantitative estimate of drug-likeness (QED) is 0.506. The largest absolute Gasteiger partial charge is 3.00 e. The summed E-state index contributed by atoms with van der Waals surface area (Å²) in [5.74, 6) is -0.0833. The molecule has 0 unspecified atom stereocenters. The summed E-state index contributed by atoms with van der Waals surface area (Å²) in [7, 11) is 0. The number of hydrogen-bond acceptors (Lipinski definition) is 1. The van der Waals surface area contributed by atoms with E-state index < -0.39 is 0 Å². The Balaban J connectivity index is -0.0000000480. The van der Waals surface area contributed by atoms with E-state index in [1.165, 1.54) is 6.92 Å². The monoisotopic (exact) mass is 175 g/mol. The molecule has 0 heterocycles. The number of ketones is 1. The molecule has 0 aromatic carbocycles. The Kier molecular flexibility index (Phi) is 35.6. The number of hydrogen-bond donors (Lipinski definition) is 0. The van der Waals surface area contributed by atoms with Gasteiger partial charge < -0.3 is 18.6 Å². The van der Waals surface area contributed by atoms with E-state index in [1.807, 2.05) is 0 Å². The molecule has 0 aliphatic rings. The Morgan fingerprint density at radius 3 is 1.43 bits per heavy atom. The zero-order chi connectivity index (χ0) is 5.58. The van der Waals surface area contributed by atoms with Gasteiger partial charge in [-0.15, -0.1) is 0 Å². The number of carbonyl (C=O) groups is 1. The Morgan fingerprint density at radius 2 is 1.43 bits per heavy atom. The summed E-state index contributed by atoms with van der Waals surface area (Å²) >= 11 is 0. The molecular formula is C5H10OY+. The Hall–Kier alpha value is 0.644. The number of rotatable bonds is 0. The van der Waals surface area contributed by atoms with Crippen LogP contribution >= 0.6 is 0 Å². The average Bonchev–Trinajstić information content (AvgIpc) is 1.41. The van der Waals surface area contributed by atoms with Crippen molar-refractivity contribution in [2.45, 2.75) is 13.8 Å². The van der Waals surface area contributed by atoms with Crippen LogP contribution in [0.3, 0.4) is 0 Å². The Bertz CT molecular complexity index is 31.1. The zero-order valence-electron chi connectivity index (χ0n) is 4.90. The first-order valence-corrected chi connectivity index (χ1v) is 1.76. The maximum Gasteiger partial charge on any atom is 3.00 e. The normalized spacial score (nSPS) is 4.43. The summed E-state index contributed by atoms with van der Waals surface area (Å²) in [5, 5.41) is 0. The predicted octanol–water partition coefficient (Wildman–Crippen LogP) is 1.25. The maximum atomic E-state index is 9.33. The van der Waals surface area contributed by atoms with Crippen LogP contribution in [0.2, 0.25) is 0 Å². The first kappa shape index (κ1) is 15.6. The molecule has 0 bridgehead atoms. The molecule has 0 aromatic heterocycles. The molecule has 0 spiro atoms. The minimum absolute atomic E-state index is 0. The molecule has 0 saturated heterocycles. The Morgan fingerprint density at radius 1 is 1.43 bits per heavy atom. The summed E-state index contributed by atoms with van der Waals surface area (Å²) in [4.78, 5) is 9.33. The van der Waals surface area contributed by atoms with E-state index >= 15 is 0 Å². The molecule has 1 nitrogen and oxygen atoms in total. The molecule has 0 aliphatic heterocycles. The molecule has 0 rings (SSSR count). The molecule has 0 fully saturated rings. The van der Waals surface area contributed by atoms with Crippen molar-refractivity contribution in [3.63, 3.8) is 0 Å². The van der Waals surface area contributed by atoms with Gasteiger partial charge in [-0.05, 0) is 12.7 Å². The van der Waals surface area contributed by atoms with Gasteiger partial charge in [-0.1, -0.05) is 0 Å². The summed E-state index contributed by atoms with van der Waals surface area (Å²) in [6, 6.07) is 0. The van der Waals surface area contributed by atoms with E-state index in [1.54, 1.807) is 6.92 Å². The second-order valence-electron chi connectivity index (χ2n) is 0.702. The van der Waals surface area contributed by atoms with Crippen LogP contribution in [-0.2, 0) is 37.5 Å². The van der Waals surface area contributed by atoms with Crippen molar-refractivity contribution in [3.05, 3.63) is 13.8 Å². The van der Waals surface area contributed by atoms with Crippen LogP contribution in [0, 0.1) is 13.8 Å². The molecule has 0 saturated carbocycles. The second-order valence-corrected chi connectivity index (χ2v) is 0.702. The third-order valence-electron chi connectivity index (χ3n) is 0. The fourth-order valence-corrected chi connectivity index (χ4v) is 0. The third-order valence-corrected chi connectivity index (χ3v) is 0. The van der Waals surface area contributed by atoms with Crippen LogP contribution in [0.4, 0.5) is 0 Å². The minimum Gasteiger partial charge on any atom is -0.346 e. The van der Waals surface area contributed by atoms with Gasteiger partial charge in [0, 0.05) is 0 Å². The van der Waals surface area contributed by atoms with E-state index in [0.29, 0.717) is 0 Å². The van der Waals surface area contributed by atoms with Crippen molar-refractivity contribution in [2.75, 3.05) is 0 Å². The summed E-state index contributed by atoms with van der Waals surface area (Å²) < 4.78 is 0. The number of Topliss-reactive ketones (excluding diaryl/α,β-unsaturated/α-hetero) is 1. The molecule has 0 aliphatic carbocycles. The first-order valence-electron chi connectivity index (χ1n) is 1.76. The van der Waals surface area contributed by atoms with Gasteiger partial charge in [0.05, 0.1) is 0 Å². The van der Waals surface area contributed by atoms with E-state index in [2.05, 4.69) is 13.8 Å². The molecule has 0 radical (unpaired) electrons. The zero-order valence-corrected chi connectivity index (χ0v) is 7.74. The molecule has 0 amide bonds. The predicted molar refractivity (Wildman–Crippen MR) is 27.1 cm³/mol. The van der Waals surface area contributed by atoms with Crippen molar-refractivity contribution in [2.24, 2.45) is 0 Å². The molecule has 0 aromatic rings. The van der Waals surface area contributed by atoms with Crippen molar-refractivity contribution in [3.8, 4) is 0 Å². The summed E-state index contributed by atoms with van der Waals surface area (Å²) in [6.07, 6.45) is 0. The second kappa shape index (κ2) is 15.9. The first-order chi connectivity index (χ1) is 2.73. The van der Waals surface area contributed by atoms with Gasteiger partial charge in [-0.25, -0.2) is 0 Å². The molecule has 0 N–H and O–H groups in total. The smallest absolute Gasteiger partial charge is 0.346 e. The fourth-order valence-electron chi connectivity index (χ4n) is 0. The van der Waals surface area contributed by atoms with Crippen molar-refractivity contribution in [1.82, 2.24) is 0 Å². The standard InChI is InChI=1S/C3H5O.C2H5.Y/c1-3(2)4;1-2;/h1H2,2H3;1H2,2H3;/q2*-1;+3. The van der Waals surface area contributed by atoms with E-state index in [-0.39, 0.29) is 38.5 Å². The molecule has 7 heavy (non-hydrogen) atoms. The van der Waals surface area contributed by atoms with Crippen LogP contribution in [0.25, 0.3) is 0 Å². The van der Waals surface area contributed by atoms with E-state index in [0.717, 1.165) is 0 Å². The minimum atomic E-state index is -0.0833. The van der Waals surface area contributed by atoms with Crippen molar-refractivity contribution in [1.29, 1.82) is 0 Å². The van der Waals surface area contributed by atoms with Crippen molar-refractivity contribution >= 4 is 5.78 Å². The van der Waals surface area contributed by atoms with Gasteiger partial charge >= 0.3 is 32.7 Å². The van der Waals surface area contributed by atoms with Gasteiger partial charge in [-0.2, -0.15) is 6.92 Å². The van der Waals surface area contributed by atoms with Crippen LogP contribution < -0.4 is 0 Å². The van der Waals surface area contributed by atoms with E-state index in [4.69, 9.17) is 0 Å². The molecule has 2 heteroatoms. The van der Waals surface area contributed by atoms with Crippen LogP contribution in [0.5, 0.6) is 0 Å². The average molecular weight is 175 g/mol. The topological polar surface area (TPSA) is 17.1 Å². The van der Waals surface area contributed by atoms with Gasteiger partial charge in [-0.3, -0.25) is 0 Å². The van der Waals surface area contributed by atoms with Crippen LogP contribution in [0.1, 0.15) is 13.8 Å². The molecular weight excluding hydrogens is 165 g/mol. The molecule has 38 valence electrons. The van der Waals surface area contributed by atoms with Gasteiger partial charge in [0.2, 0.25) is 0 Å². The van der Waals surface area contributed by atoms with Crippen LogP contribution in [-0.4, -0.2) is 5.78 Å². The summed E-state index contributed by atoms with van der Waals surface area (Å²) in [6.45, 7) is 9.42. The van der Waals surface area contributed by atoms with Gasteiger partial charge in [0.1, 0.15) is 0 Å².